The molecule has 44 heavy (non-hydrogen) atoms. The van der Waals surface area contributed by atoms with Crippen molar-refractivity contribution in [2.45, 2.75) is 26.4 Å². The highest BCUT2D eigenvalue weighted by Crippen LogP contribution is 2.32. The first kappa shape index (κ1) is 28.7. The molecule has 0 saturated heterocycles. The third-order valence-electron chi connectivity index (χ3n) is 7.30. The Balaban J connectivity index is 1.37. The minimum absolute atomic E-state index is 0.0306. The topological polar surface area (TPSA) is 129 Å². The summed E-state index contributed by atoms with van der Waals surface area (Å²) < 4.78 is 27.0. The predicted octanol–water partition coefficient (Wildman–Crippen LogP) is 4.88. The number of benzene rings is 3. The number of halogens is 1. The van der Waals surface area contributed by atoms with Crippen molar-refractivity contribution < 1.29 is 18.4 Å². The highest BCUT2D eigenvalue weighted by atomic mass is 32.1. The van der Waals surface area contributed by atoms with E-state index >= 15 is 0 Å². The Kier molecular flexibility index (Phi) is 7.66. The molecule has 0 unspecified atom stereocenters. The van der Waals surface area contributed by atoms with Crippen LogP contribution in [0.25, 0.3) is 32.7 Å². The largest absolute Gasteiger partial charge is 0.497 e. The molecule has 222 valence electrons. The molecule has 0 radical (unpaired) electrons. The van der Waals surface area contributed by atoms with E-state index in [9.17, 15) is 23.6 Å². The van der Waals surface area contributed by atoms with Gasteiger partial charge in [-0.2, -0.15) is 0 Å². The van der Waals surface area contributed by atoms with Crippen molar-refractivity contribution in [3.8, 4) is 28.3 Å². The van der Waals surface area contributed by atoms with Crippen LogP contribution in [0.3, 0.4) is 0 Å². The SMILES string of the molecule is CCc1cc2c(=O)n(CC(=O)c3ccc(OC)cc3)c(=O)n(Cc3ccc(-c4cccc(F)c4-c4noc(=O)[nH]4)cc3)c2s1. The maximum Gasteiger partial charge on any atom is 0.439 e. The molecule has 6 aromatic rings. The van der Waals surface area contributed by atoms with Crippen LogP contribution in [-0.2, 0) is 19.5 Å². The van der Waals surface area contributed by atoms with E-state index in [1.54, 1.807) is 66.7 Å². The minimum atomic E-state index is -0.798. The average molecular weight is 613 g/mol. The zero-order valence-corrected chi connectivity index (χ0v) is 24.4. The highest BCUT2D eigenvalue weighted by Gasteiger charge is 2.20. The summed E-state index contributed by atoms with van der Waals surface area (Å²) in [7, 11) is 1.52. The number of aromatic amines is 1. The van der Waals surface area contributed by atoms with Gasteiger partial charge < -0.3 is 4.74 Å². The Hall–Kier alpha value is -5.36. The van der Waals surface area contributed by atoms with Crippen molar-refractivity contribution in [3.63, 3.8) is 0 Å². The summed E-state index contributed by atoms with van der Waals surface area (Å²) in [6.07, 6.45) is 0.680. The predicted molar refractivity (Wildman–Crippen MR) is 164 cm³/mol. The van der Waals surface area contributed by atoms with Crippen LogP contribution >= 0.6 is 11.3 Å². The van der Waals surface area contributed by atoms with Gasteiger partial charge in [-0.3, -0.25) is 28.2 Å². The summed E-state index contributed by atoms with van der Waals surface area (Å²) in [5.74, 6) is -1.21. The van der Waals surface area contributed by atoms with E-state index in [1.807, 2.05) is 6.92 Å². The molecule has 6 rings (SSSR count). The molecule has 0 aliphatic rings. The van der Waals surface area contributed by atoms with E-state index in [4.69, 9.17) is 4.74 Å². The van der Waals surface area contributed by atoms with Crippen molar-refractivity contribution in [1.82, 2.24) is 19.3 Å². The van der Waals surface area contributed by atoms with E-state index < -0.39 is 29.4 Å². The van der Waals surface area contributed by atoms with Crippen molar-refractivity contribution >= 4 is 27.3 Å². The fraction of sp³-hybridized carbons (Fsp3) is 0.156. The molecule has 0 spiro atoms. The first-order valence-electron chi connectivity index (χ1n) is 13.6. The Morgan fingerprint density at radius 1 is 1.02 bits per heavy atom. The Morgan fingerprint density at radius 3 is 2.43 bits per heavy atom. The maximum absolute atomic E-state index is 14.8. The van der Waals surface area contributed by atoms with E-state index in [1.165, 1.54) is 29.1 Å². The third kappa shape index (κ3) is 5.31. The molecule has 0 saturated carbocycles. The molecule has 12 heteroatoms. The van der Waals surface area contributed by atoms with Crippen molar-refractivity contribution in [3.05, 3.63) is 126 Å². The van der Waals surface area contributed by atoms with Crippen LogP contribution in [0.4, 0.5) is 4.39 Å². The van der Waals surface area contributed by atoms with Gasteiger partial charge in [0.2, 0.25) is 0 Å². The normalized spacial score (nSPS) is 11.2. The molecule has 0 fully saturated rings. The number of fused-ring (bicyclic) bond motifs is 1. The Labute approximate surface area is 252 Å². The molecule has 0 aliphatic heterocycles. The van der Waals surface area contributed by atoms with Crippen LogP contribution in [-0.4, -0.2) is 32.2 Å². The van der Waals surface area contributed by atoms with Gasteiger partial charge in [-0.25, -0.2) is 14.0 Å². The second kappa shape index (κ2) is 11.7. The van der Waals surface area contributed by atoms with Gasteiger partial charge in [-0.15, -0.1) is 11.3 Å². The number of nitrogens with zero attached hydrogens (tertiary/aromatic N) is 3. The van der Waals surface area contributed by atoms with E-state index in [2.05, 4.69) is 14.7 Å². The van der Waals surface area contributed by atoms with Crippen LogP contribution in [0.1, 0.15) is 27.7 Å². The minimum Gasteiger partial charge on any atom is -0.497 e. The Morgan fingerprint density at radius 2 is 1.77 bits per heavy atom. The maximum atomic E-state index is 14.8. The van der Waals surface area contributed by atoms with Gasteiger partial charge in [0.15, 0.2) is 11.6 Å². The number of aryl methyl sites for hydroxylation is 1. The first-order chi connectivity index (χ1) is 21.3. The average Bonchev–Trinajstić information content (AvgIpc) is 3.68. The summed E-state index contributed by atoms with van der Waals surface area (Å²) in [5, 5.41) is 4.01. The number of rotatable bonds is 9. The number of methoxy groups -OCH3 is 1. The number of carbonyl (C=O) groups excluding carboxylic acids is 1. The fourth-order valence-corrected chi connectivity index (χ4v) is 6.11. The number of H-pyrrole nitrogens is 1. The second-order valence-corrected chi connectivity index (χ2v) is 11.1. The molecular formula is C32H25FN4O6S. The Bertz CT molecular complexity index is 2190. The molecule has 0 bridgehead atoms. The van der Waals surface area contributed by atoms with Crippen LogP contribution < -0.4 is 21.7 Å². The number of thiophene rings is 1. The van der Waals surface area contributed by atoms with Crippen molar-refractivity contribution in [1.29, 1.82) is 0 Å². The van der Waals surface area contributed by atoms with Crippen LogP contribution in [0.15, 0.2) is 91.7 Å². The van der Waals surface area contributed by atoms with E-state index in [0.29, 0.717) is 39.1 Å². The number of ketones is 1. The molecule has 1 N–H and O–H groups in total. The molecule has 3 aromatic heterocycles. The number of aromatic nitrogens is 4. The molecular weight excluding hydrogens is 587 g/mol. The summed E-state index contributed by atoms with van der Waals surface area (Å²) in [4.78, 5) is 55.7. The first-order valence-corrected chi connectivity index (χ1v) is 14.5. The van der Waals surface area contributed by atoms with Gasteiger partial charge in [0.1, 0.15) is 16.4 Å². The summed E-state index contributed by atoms with van der Waals surface area (Å²) in [6, 6.07) is 19.9. The van der Waals surface area contributed by atoms with Crippen LogP contribution in [0.5, 0.6) is 5.75 Å². The summed E-state index contributed by atoms with van der Waals surface area (Å²) in [6.45, 7) is 1.68. The van der Waals surface area contributed by atoms with Gasteiger partial charge in [0, 0.05) is 10.4 Å². The smallest absolute Gasteiger partial charge is 0.439 e. The molecule has 0 amide bonds. The third-order valence-corrected chi connectivity index (χ3v) is 8.61. The number of ether oxygens (including phenoxy) is 1. The summed E-state index contributed by atoms with van der Waals surface area (Å²) in [5.41, 5.74) is 1.19. The molecule has 3 aromatic carbocycles. The zero-order valence-electron chi connectivity index (χ0n) is 23.6. The van der Waals surface area contributed by atoms with Crippen LogP contribution in [0, 0.1) is 5.82 Å². The van der Waals surface area contributed by atoms with Gasteiger partial charge in [-0.1, -0.05) is 48.5 Å². The monoisotopic (exact) mass is 612 g/mol. The lowest BCUT2D eigenvalue weighted by molar-refractivity contribution is 0.0969. The lowest BCUT2D eigenvalue weighted by atomic mass is 9.97. The quantitative estimate of drug-likeness (QED) is 0.231. The van der Waals surface area contributed by atoms with E-state index in [0.717, 1.165) is 15.0 Å². The van der Waals surface area contributed by atoms with Crippen LogP contribution in [0.2, 0.25) is 0 Å². The molecule has 3 heterocycles. The number of nitrogens with one attached hydrogen (secondary N) is 1. The van der Waals surface area contributed by atoms with Gasteiger partial charge in [0.05, 0.1) is 31.1 Å². The van der Waals surface area contributed by atoms with Crippen molar-refractivity contribution in [2.24, 2.45) is 0 Å². The van der Waals surface area contributed by atoms with Crippen molar-refractivity contribution in [2.75, 3.05) is 7.11 Å². The lowest BCUT2D eigenvalue weighted by Gasteiger charge is -2.13. The zero-order chi connectivity index (χ0) is 31.0. The molecule has 10 nitrogen and oxygen atoms in total. The molecule has 0 atom stereocenters. The number of Topliss-reactive ketones (excluding diaryl/α,β-unsaturated/α-hetero) is 1. The fourth-order valence-electron chi connectivity index (χ4n) is 5.03. The van der Waals surface area contributed by atoms with Gasteiger partial charge in [-0.05, 0) is 59.5 Å². The standard InChI is InChI=1S/C32H25FN4O6S/c1-3-22-15-24-29(39)36(17-26(38)20-11-13-21(42-2)14-12-20)32(41)37(30(24)44-22)16-18-7-9-19(10-8-18)23-5-4-6-25(33)27(23)28-34-31(40)43-35-28/h4-15H,3,16-17H2,1-2H3,(H,34,35,40). The highest BCUT2D eigenvalue weighted by molar-refractivity contribution is 7.18. The van der Waals surface area contributed by atoms with Gasteiger partial charge >= 0.3 is 11.4 Å². The summed E-state index contributed by atoms with van der Waals surface area (Å²) >= 11 is 1.37. The second-order valence-electron chi connectivity index (χ2n) is 10.00. The molecule has 0 aliphatic carbocycles. The number of hydrogen-bond acceptors (Lipinski definition) is 8. The lowest BCUT2D eigenvalue weighted by Crippen LogP contribution is -2.41. The number of hydrogen-bond donors (Lipinski definition) is 1. The van der Waals surface area contributed by atoms with E-state index in [-0.39, 0.29) is 23.7 Å². The van der Waals surface area contributed by atoms with Gasteiger partial charge in [0.25, 0.3) is 5.56 Å². The number of carbonyl (C=O) groups is 1.